The molecule has 6 nitrogen and oxygen atoms in total. The lowest BCUT2D eigenvalue weighted by atomic mass is 10.4. The van der Waals surface area contributed by atoms with Crippen LogP contribution < -0.4 is 5.32 Å². The lowest BCUT2D eigenvalue weighted by Crippen LogP contribution is -2.15. The summed E-state index contributed by atoms with van der Waals surface area (Å²) in [5.74, 6) is 1.27. The van der Waals surface area contributed by atoms with E-state index in [1.807, 2.05) is 17.8 Å². The molecule has 0 aromatic carbocycles. The van der Waals surface area contributed by atoms with Crippen molar-refractivity contribution in [3.05, 3.63) is 29.9 Å². The highest BCUT2D eigenvalue weighted by Gasteiger charge is 2.02. The third kappa shape index (κ3) is 2.41. The molecule has 1 N–H and O–H groups in total. The summed E-state index contributed by atoms with van der Waals surface area (Å²) in [5.41, 5.74) is 1.12. The van der Waals surface area contributed by atoms with Crippen molar-refractivity contribution in [1.29, 1.82) is 0 Å². The molecule has 0 atom stereocenters. The van der Waals surface area contributed by atoms with Gasteiger partial charge in [-0.15, -0.1) is 0 Å². The summed E-state index contributed by atoms with van der Waals surface area (Å²) >= 11 is 0. The first-order valence-electron chi connectivity index (χ1n) is 4.71. The van der Waals surface area contributed by atoms with Crippen LogP contribution in [0.5, 0.6) is 0 Å². The quantitative estimate of drug-likeness (QED) is 0.786. The van der Waals surface area contributed by atoms with Crippen LogP contribution in [0, 0.1) is 6.92 Å². The van der Waals surface area contributed by atoms with Gasteiger partial charge < -0.3 is 14.4 Å². The van der Waals surface area contributed by atoms with Gasteiger partial charge in [-0.05, 0) is 0 Å². The molecule has 0 saturated heterocycles. The van der Waals surface area contributed by atoms with Crippen LogP contribution in [0.15, 0.2) is 17.0 Å². The monoisotopic (exact) mass is 207 g/mol. The van der Waals surface area contributed by atoms with Crippen molar-refractivity contribution in [2.45, 2.75) is 20.0 Å². The van der Waals surface area contributed by atoms with Crippen molar-refractivity contribution in [1.82, 2.24) is 25.0 Å². The molecule has 6 heteroatoms. The molecule has 2 rings (SSSR count). The molecule has 0 bridgehead atoms. The van der Waals surface area contributed by atoms with E-state index in [0.29, 0.717) is 18.3 Å². The molecule has 80 valence electrons. The molecular weight excluding hydrogens is 194 g/mol. The Kier molecular flexibility index (Phi) is 2.77. The van der Waals surface area contributed by atoms with E-state index in [2.05, 4.69) is 20.4 Å². The molecule has 0 amide bonds. The molecule has 2 heterocycles. The fourth-order valence-corrected chi connectivity index (χ4v) is 1.27. The number of nitrogens with one attached hydrogen (secondary N) is 1. The van der Waals surface area contributed by atoms with E-state index in [1.54, 1.807) is 13.3 Å². The molecule has 0 saturated carbocycles. The highest BCUT2D eigenvalue weighted by atomic mass is 16.5. The summed E-state index contributed by atoms with van der Waals surface area (Å²) in [6.45, 7) is 3.12. The maximum atomic E-state index is 4.86. The molecule has 0 aliphatic carbocycles. The average Bonchev–Trinajstić information content (AvgIpc) is 2.77. The van der Waals surface area contributed by atoms with Crippen molar-refractivity contribution in [3.8, 4) is 0 Å². The van der Waals surface area contributed by atoms with Crippen LogP contribution in [0.1, 0.15) is 17.4 Å². The predicted molar refractivity (Wildman–Crippen MR) is 52.8 cm³/mol. The van der Waals surface area contributed by atoms with E-state index >= 15 is 0 Å². The summed E-state index contributed by atoms with van der Waals surface area (Å²) < 4.78 is 6.82. The van der Waals surface area contributed by atoms with E-state index in [9.17, 15) is 0 Å². The number of aromatic nitrogens is 4. The predicted octanol–water partition coefficient (Wildman–Crippen LogP) is 0.401. The highest BCUT2D eigenvalue weighted by Crippen LogP contribution is 1.97. The Morgan fingerprint density at radius 2 is 2.33 bits per heavy atom. The number of aryl methyl sites for hydroxylation is 2. The van der Waals surface area contributed by atoms with E-state index in [4.69, 9.17) is 4.52 Å². The Bertz CT molecular complexity index is 433. The first kappa shape index (κ1) is 9.85. The van der Waals surface area contributed by atoms with Gasteiger partial charge in [0.2, 0.25) is 5.89 Å². The Morgan fingerprint density at radius 3 is 2.93 bits per heavy atom. The zero-order valence-electron chi connectivity index (χ0n) is 8.77. The van der Waals surface area contributed by atoms with Gasteiger partial charge in [-0.3, -0.25) is 0 Å². The third-order valence-electron chi connectivity index (χ3n) is 2.08. The molecule has 0 aliphatic heterocycles. The largest absolute Gasteiger partial charge is 0.340 e. The number of imidazole rings is 1. The smallest absolute Gasteiger partial charge is 0.223 e. The normalized spacial score (nSPS) is 10.8. The number of nitrogens with zero attached hydrogens (tertiary/aromatic N) is 4. The van der Waals surface area contributed by atoms with E-state index in [0.717, 1.165) is 12.2 Å². The minimum atomic E-state index is 0.590. The maximum Gasteiger partial charge on any atom is 0.223 e. The lowest BCUT2D eigenvalue weighted by molar-refractivity contribution is 0.385. The number of hydrogen-bond donors (Lipinski definition) is 1. The lowest BCUT2D eigenvalue weighted by Gasteiger charge is -2.01. The van der Waals surface area contributed by atoms with Crippen molar-refractivity contribution in [2.24, 2.45) is 7.05 Å². The van der Waals surface area contributed by atoms with Crippen LogP contribution in [0.3, 0.4) is 0 Å². The van der Waals surface area contributed by atoms with Gasteiger partial charge in [0.25, 0.3) is 0 Å². The summed E-state index contributed by atoms with van der Waals surface area (Å²) in [6, 6.07) is 0. The number of rotatable bonds is 4. The van der Waals surface area contributed by atoms with Gasteiger partial charge in [-0.25, -0.2) is 4.98 Å². The Hall–Kier alpha value is -1.69. The Morgan fingerprint density at radius 1 is 1.47 bits per heavy atom. The van der Waals surface area contributed by atoms with Crippen molar-refractivity contribution in [3.63, 3.8) is 0 Å². The standard InChI is InChI=1S/C9H13N5O/c1-7-12-9(13-15-7)5-10-3-8-4-11-6-14(8)2/h4,6,10H,3,5H2,1-2H3. The van der Waals surface area contributed by atoms with Crippen LogP contribution in [-0.2, 0) is 20.1 Å². The number of hydrogen-bond acceptors (Lipinski definition) is 5. The van der Waals surface area contributed by atoms with Gasteiger partial charge in [-0.2, -0.15) is 4.98 Å². The topological polar surface area (TPSA) is 68.8 Å². The minimum absolute atomic E-state index is 0.590. The Balaban J connectivity index is 1.83. The van der Waals surface area contributed by atoms with Crippen LogP contribution in [-0.4, -0.2) is 19.7 Å². The average molecular weight is 207 g/mol. The van der Waals surface area contributed by atoms with Crippen molar-refractivity contribution in [2.75, 3.05) is 0 Å². The summed E-state index contributed by atoms with van der Waals surface area (Å²) in [6.07, 6.45) is 3.60. The van der Waals surface area contributed by atoms with Gasteiger partial charge in [0.1, 0.15) is 0 Å². The van der Waals surface area contributed by atoms with Gasteiger partial charge in [0.15, 0.2) is 5.82 Å². The molecule has 0 spiro atoms. The fourth-order valence-electron chi connectivity index (χ4n) is 1.27. The second kappa shape index (κ2) is 4.22. The molecule has 0 fully saturated rings. The maximum absolute atomic E-state index is 4.86. The zero-order chi connectivity index (χ0) is 10.7. The second-order valence-electron chi connectivity index (χ2n) is 3.33. The molecule has 15 heavy (non-hydrogen) atoms. The van der Waals surface area contributed by atoms with Gasteiger partial charge in [0, 0.05) is 26.7 Å². The third-order valence-corrected chi connectivity index (χ3v) is 2.08. The van der Waals surface area contributed by atoms with E-state index in [-0.39, 0.29) is 0 Å². The van der Waals surface area contributed by atoms with Crippen molar-refractivity contribution < 1.29 is 4.52 Å². The SMILES string of the molecule is Cc1nc(CNCc2cncn2C)no1. The molecular formula is C9H13N5O. The van der Waals surface area contributed by atoms with E-state index in [1.165, 1.54) is 0 Å². The van der Waals surface area contributed by atoms with Crippen LogP contribution in [0.4, 0.5) is 0 Å². The Labute approximate surface area is 87.3 Å². The summed E-state index contributed by atoms with van der Waals surface area (Å²) in [4.78, 5) is 8.11. The van der Waals surface area contributed by atoms with Crippen molar-refractivity contribution >= 4 is 0 Å². The fraction of sp³-hybridized carbons (Fsp3) is 0.444. The molecule has 2 aromatic rings. The second-order valence-corrected chi connectivity index (χ2v) is 3.33. The first-order valence-corrected chi connectivity index (χ1v) is 4.71. The molecule has 0 unspecified atom stereocenters. The molecule has 0 aliphatic rings. The minimum Gasteiger partial charge on any atom is -0.340 e. The summed E-state index contributed by atoms with van der Waals surface area (Å²) in [5, 5.41) is 7.00. The van der Waals surface area contributed by atoms with Crippen LogP contribution in [0.25, 0.3) is 0 Å². The van der Waals surface area contributed by atoms with Gasteiger partial charge >= 0.3 is 0 Å². The van der Waals surface area contributed by atoms with Crippen LogP contribution in [0.2, 0.25) is 0 Å². The van der Waals surface area contributed by atoms with E-state index < -0.39 is 0 Å². The van der Waals surface area contributed by atoms with Gasteiger partial charge in [0.05, 0.1) is 18.6 Å². The zero-order valence-corrected chi connectivity index (χ0v) is 8.77. The summed E-state index contributed by atoms with van der Waals surface area (Å²) in [7, 11) is 1.96. The first-order chi connectivity index (χ1) is 7.25. The molecule has 0 radical (unpaired) electrons. The molecule has 2 aromatic heterocycles. The van der Waals surface area contributed by atoms with Gasteiger partial charge in [-0.1, -0.05) is 5.16 Å². The van der Waals surface area contributed by atoms with Crippen LogP contribution >= 0.6 is 0 Å². The highest BCUT2D eigenvalue weighted by molar-refractivity contribution is 4.97.